The van der Waals surface area contributed by atoms with Gasteiger partial charge in [0, 0.05) is 17.8 Å². The van der Waals surface area contributed by atoms with Crippen molar-refractivity contribution in [3.8, 4) is 0 Å². The van der Waals surface area contributed by atoms with Crippen LogP contribution in [0.1, 0.15) is 65.4 Å². The van der Waals surface area contributed by atoms with E-state index in [9.17, 15) is 14.4 Å². The Morgan fingerprint density at radius 1 is 1.03 bits per heavy atom. The Balaban J connectivity index is 1.99. The average molecular weight is 419 g/mol. The van der Waals surface area contributed by atoms with E-state index in [1.165, 1.54) is 0 Å². The second-order valence-electron chi connectivity index (χ2n) is 8.67. The minimum absolute atomic E-state index is 0.0903. The molecule has 0 spiro atoms. The Kier molecular flexibility index (Phi) is 8.08. The number of carbonyl (C=O) groups excluding carboxylic acids is 3. The third-order valence-electron chi connectivity index (χ3n) is 4.88. The van der Waals surface area contributed by atoms with Crippen molar-refractivity contribution in [2.24, 2.45) is 0 Å². The van der Waals surface area contributed by atoms with Gasteiger partial charge in [0.05, 0.1) is 12.1 Å². The molecule has 30 heavy (non-hydrogen) atoms. The lowest BCUT2D eigenvalue weighted by molar-refractivity contribution is -0.115. The molecule has 1 fully saturated rings. The summed E-state index contributed by atoms with van der Waals surface area (Å²) in [6.45, 7) is 9.11. The van der Waals surface area contributed by atoms with E-state index >= 15 is 0 Å². The van der Waals surface area contributed by atoms with E-state index < -0.39 is 11.7 Å². The third-order valence-corrected chi connectivity index (χ3v) is 4.88. The van der Waals surface area contributed by atoms with Crippen LogP contribution in [0.15, 0.2) is 18.2 Å². The molecule has 8 heteroatoms. The molecule has 2 atom stereocenters. The number of urea groups is 1. The molecule has 0 heterocycles. The van der Waals surface area contributed by atoms with Gasteiger partial charge in [0.2, 0.25) is 5.91 Å². The van der Waals surface area contributed by atoms with Gasteiger partial charge in [-0.1, -0.05) is 25.8 Å². The molecule has 0 aromatic heterocycles. The highest BCUT2D eigenvalue weighted by molar-refractivity contribution is 5.94. The van der Waals surface area contributed by atoms with E-state index in [4.69, 9.17) is 4.74 Å². The molecule has 0 aliphatic heterocycles. The highest BCUT2D eigenvalue weighted by Crippen LogP contribution is 2.22. The average Bonchev–Trinajstić information content (AvgIpc) is 2.64. The first-order valence-corrected chi connectivity index (χ1v) is 10.5. The Hall–Kier alpha value is -2.77. The molecular weight excluding hydrogens is 384 g/mol. The molecule has 0 saturated heterocycles. The monoisotopic (exact) mass is 418 g/mol. The zero-order chi connectivity index (χ0) is 22.3. The number of hydrogen-bond donors (Lipinski definition) is 4. The van der Waals surface area contributed by atoms with Crippen molar-refractivity contribution in [3.63, 3.8) is 0 Å². The fourth-order valence-corrected chi connectivity index (χ4v) is 3.35. The smallest absolute Gasteiger partial charge is 0.407 e. The van der Waals surface area contributed by atoms with Gasteiger partial charge in [-0.05, 0) is 58.2 Å². The molecule has 1 saturated carbocycles. The highest BCUT2D eigenvalue weighted by atomic mass is 16.6. The molecule has 1 aliphatic rings. The van der Waals surface area contributed by atoms with E-state index in [0.717, 1.165) is 31.2 Å². The summed E-state index contributed by atoms with van der Waals surface area (Å²) in [6, 6.07) is 4.66. The standard InChI is InChI=1S/C22H34N4O4/c1-6-19(27)23-15-12-11-14(2)18(13-15)25-20(28)24-16-9-7-8-10-17(16)26-21(29)30-22(3,4)5/h11-13,16-17H,6-10H2,1-5H3,(H,23,27)(H,26,29)(H2,24,25,28)/t16-,17-/m1/s1. The summed E-state index contributed by atoms with van der Waals surface area (Å²) in [7, 11) is 0. The summed E-state index contributed by atoms with van der Waals surface area (Å²) in [6.07, 6.45) is 3.43. The molecule has 1 aromatic rings. The number of benzene rings is 1. The predicted molar refractivity (Wildman–Crippen MR) is 118 cm³/mol. The zero-order valence-electron chi connectivity index (χ0n) is 18.6. The van der Waals surface area contributed by atoms with Gasteiger partial charge in [0.25, 0.3) is 0 Å². The first kappa shape index (κ1) is 23.5. The SMILES string of the molecule is CCC(=O)Nc1ccc(C)c(NC(=O)N[C@@H]2CCCC[C@H]2NC(=O)OC(C)(C)C)c1. The molecule has 0 radical (unpaired) electrons. The number of nitrogens with one attached hydrogen (secondary N) is 4. The molecule has 166 valence electrons. The summed E-state index contributed by atoms with van der Waals surface area (Å²) in [5.41, 5.74) is 1.56. The summed E-state index contributed by atoms with van der Waals surface area (Å²) in [4.78, 5) is 36.4. The van der Waals surface area contributed by atoms with Crippen LogP contribution >= 0.6 is 0 Å². The van der Waals surface area contributed by atoms with E-state index in [0.29, 0.717) is 17.8 Å². The normalized spacial score (nSPS) is 18.8. The third kappa shape index (κ3) is 7.57. The molecule has 8 nitrogen and oxygen atoms in total. The van der Waals surface area contributed by atoms with Crippen molar-refractivity contribution >= 4 is 29.4 Å². The Morgan fingerprint density at radius 3 is 2.27 bits per heavy atom. The predicted octanol–water partition coefficient (Wildman–Crippen LogP) is 4.30. The van der Waals surface area contributed by atoms with Gasteiger partial charge in [-0.3, -0.25) is 4.79 Å². The summed E-state index contributed by atoms with van der Waals surface area (Å²) >= 11 is 0. The van der Waals surface area contributed by atoms with Crippen LogP contribution in [0.2, 0.25) is 0 Å². The van der Waals surface area contributed by atoms with Gasteiger partial charge in [-0.15, -0.1) is 0 Å². The second-order valence-corrected chi connectivity index (χ2v) is 8.67. The molecule has 4 amide bonds. The molecule has 4 N–H and O–H groups in total. The van der Waals surface area contributed by atoms with Gasteiger partial charge in [-0.2, -0.15) is 0 Å². The van der Waals surface area contributed by atoms with Crippen LogP contribution in [0.3, 0.4) is 0 Å². The van der Waals surface area contributed by atoms with Crippen LogP contribution < -0.4 is 21.3 Å². The number of carbonyl (C=O) groups is 3. The summed E-state index contributed by atoms with van der Waals surface area (Å²) in [5.74, 6) is -0.0903. The number of anilines is 2. The van der Waals surface area contributed by atoms with Crippen molar-refractivity contribution in [1.29, 1.82) is 0 Å². The van der Waals surface area contributed by atoms with Crippen molar-refractivity contribution < 1.29 is 19.1 Å². The quantitative estimate of drug-likeness (QED) is 0.571. The van der Waals surface area contributed by atoms with Crippen molar-refractivity contribution in [2.45, 2.75) is 84.4 Å². The minimum Gasteiger partial charge on any atom is -0.444 e. The van der Waals surface area contributed by atoms with Crippen LogP contribution in [-0.2, 0) is 9.53 Å². The van der Waals surface area contributed by atoms with E-state index in [-0.39, 0.29) is 24.0 Å². The fourth-order valence-electron chi connectivity index (χ4n) is 3.35. The highest BCUT2D eigenvalue weighted by Gasteiger charge is 2.29. The van der Waals surface area contributed by atoms with Gasteiger partial charge in [-0.25, -0.2) is 9.59 Å². The molecule has 0 unspecified atom stereocenters. The maximum atomic E-state index is 12.6. The van der Waals surface area contributed by atoms with Crippen molar-refractivity contribution in [1.82, 2.24) is 10.6 Å². The van der Waals surface area contributed by atoms with Gasteiger partial charge in [0.15, 0.2) is 0 Å². The molecular formula is C22H34N4O4. The number of ether oxygens (including phenoxy) is 1. The van der Waals surface area contributed by atoms with Crippen LogP contribution in [0, 0.1) is 6.92 Å². The molecule has 1 aliphatic carbocycles. The number of alkyl carbamates (subject to hydrolysis) is 1. The first-order chi connectivity index (χ1) is 14.1. The van der Waals surface area contributed by atoms with E-state index in [1.807, 2.05) is 33.8 Å². The van der Waals surface area contributed by atoms with Crippen molar-refractivity contribution in [3.05, 3.63) is 23.8 Å². The van der Waals surface area contributed by atoms with Crippen LogP contribution in [0.25, 0.3) is 0 Å². The topological polar surface area (TPSA) is 109 Å². The van der Waals surface area contributed by atoms with Gasteiger partial charge >= 0.3 is 12.1 Å². The minimum atomic E-state index is -0.575. The number of aryl methyl sites for hydroxylation is 1. The lowest BCUT2D eigenvalue weighted by Gasteiger charge is -2.33. The Bertz CT molecular complexity index is 773. The van der Waals surface area contributed by atoms with Gasteiger partial charge in [0.1, 0.15) is 5.60 Å². The lowest BCUT2D eigenvalue weighted by Crippen LogP contribution is -2.54. The van der Waals surface area contributed by atoms with E-state index in [1.54, 1.807) is 19.1 Å². The lowest BCUT2D eigenvalue weighted by atomic mass is 9.90. The maximum Gasteiger partial charge on any atom is 0.407 e. The fraction of sp³-hybridized carbons (Fsp3) is 0.591. The first-order valence-electron chi connectivity index (χ1n) is 10.5. The zero-order valence-corrected chi connectivity index (χ0v) is 18.6. The molecule has 0 bridgehead atoms. The van der Waals surface area contributed by atoms with Crippen LogP contribution in [-0.4, -0.2) is 35.7 Å². The largest absolute Gasteiger partial charge is 0.444 e. The molecule has 1 aromatic carbocycles. The van der Waals surface area contributed by atoms with Gasteiger partial charge < -0.3 is 26.0 Å². The van der Waals surface area contributed by atoms with Crippen LogP contribution in [0.5, 0.6) is 0 Å². The maximum absolute atomic E-state index is 12.6. The molecule has 2 rings (SSSR count). The number of amides is 4. The van der Waals surface area contributed by atoms with Crippen LogP contribution in [0.4, 0.5) is 21.0 Å². The van der Waals surface area contributed by atoms with Crippen molar-refractivity contribution in [2.75, 3.05) is 10.6 Å². The number of hydrogen-bond acceptors (Lipinski definition) is 4. The number of rotatable bonds is 5. The Morgan fingerprint density at radius 2 is 1.67 bits per heavy atom. The second kappa shape index (κ2) is 10.3. The summed E-state index contributed by atoms with van der Waals surface area (Å²) in [5, 5.41) is 11.5. The van der Waals surface area contributed by atoms with E-state index in [2.05, 4.69) is 21.3 Å². The summed E-state index contributed by atoms with van der Waals surface area (Å²) < 4.78 is 5.35. The Labute approximate surface area is 178 Å².